The number of halogens is 1. The van der Waals surface area contributed by atoms with Crippen LogP contribution in [0.2, 0.25) is 5.02 Å². The predicted octanol–water partition coefficient (Wildman–Crippen LogP) is 5.89. The summed E-state index contributed by atoms with van der Waals surface area (Å²) in [6, 6.07) is 16.7. The Morgan fingerprint density at radius 2 is 1.79 bits per heavy atom. The second-order valence-electron chi connectivity index (χ2n) is 9.58. The minimum Gasteiger partial charge on any atom is -0.489 e. The van der Waals surface area contributed by atoms with Gasteiger partial charge in [0.15, 0.2) is 0 Å². The van der Waals surface area contributed by atoms with E-state index in [-0.39, 0.29) is 0 Å². The number of nitrogens with two attached hydrogens (primary N) is 1. The van der Waals surface area contributed by atoms with E-state index in [0.717, 1.165) is 42.4 Å². The first kappa shape index (κ1) is 24.0. The van der Waals surface area contributed by atoms with Crippen LogP contribution in [0.25, 0.3) is 0 Å². The summed E-state index contributed by atoms with van der Waals surface area (Å²) in [6.45, 7) is 9.71. The predicted molar refractivity (Wildman–Crippen MR) is 139 cm³/mol. The Hall–Kier alpha value is -2.17. The first-order valence-electron chi connectivity index (χ1n) is 12.5. The third kappa shape index (κ3) is 7.41. The van der Waals surface area contributed by atoms with Gasteiger partial charge in [0.25, 0.3) is 0 Å². The molecule has 5 heteroatoms. The Labute approximate surface area is 204 Å². The molecular formula is C28H38ClN3O. The molecule has 2 aromatic carbocycles. The minimum atomic E-state index is 0.415. The van der Waals surface area contributed by atoms with Crippen LogP contribution in [0.3, 0.4) is 0 Å². The summed E-state index contributed by atoms with van der Waals surface area (Å²) in [5.41, 5.74) is 9.15. The Bertz CT molecular complexity index is 893. The van der Waals surface area contributed by atoms with Gasteiger partial charge in [-0.1, -0.05) is 42.4 Å². The molecule has 0 spiro atoms. The molecule has 2 N–H and O–H groups in total. The van der Waals surface area contributed by atoms with Crippen LogP contribution in [0.1, 0.15) is 44.1 Å². The zero-order valence-corrected chi connectivity index (χ0v) is 20.5. The third-order valence-corrected chi connectivity index (χ3v) is 7.08. The van der Waals surface area contributed by atoms with E-state index in [2.05, 4.69) is 52.8 Å². The van der Waals surface area contributed by atoms with Gasteiger partial charge in [0.2, 0.25) is 0 Å². The van der Waals surface area contributed by atoms with E-state index in [0.29, 0.717) is 12.0 Å². The second-order valence-corrected chi connectivity index (χ2v) is 9.98. The van der Waals surface area contributed by atoms with Gasteiger partial charge in [0.1, 0.15) is 5.75 Å². The molecule has 1 unspecified atom stereocenters. The van der Waals surface area contributed by atoms with E-state index in [1.54, 1.807) is 0 Å². The van der Waals surface area contributed by atoms with Crippen molar-refractivity contribution in [2.45, 2.75) is 51.0 Å². The maximum atomic E-state index is 6.27. The van der Waals surface area contributed by atoms with Crippen molar-refractivity contribution >= 4 is 17.3 Å². The Kier molecular flexibility index (Phi) is 8.57. The van der Waals surface area contributed by atoms with Crippen molar-refractivity contribution in [3.05, 3.63) is 71.4 Å². The van der Waals surface area contributed by atoms with Crippen molar-refractivity contribution in [3.8, 4) is 5.75 Å². The summed E-state index contributed by atoms with van der Waals surface area (Å²) in [4.78, 5) is 4.93. The van der Waals surface area contributed by atoms with Crippen molar-refractivity contribution in [2.75, 3.05) is 37.6 Å². The molecule has 4 nitrogen and oxygen atoms in total. The largest absolute Gasteiger partial charge is 0.489 e. The summed E-state index contributed by atoms with van der Waals surface area (Å²) in [5.74, 6) is 1.32. The molecule has 0 amide bonds. The van der Waals surface area contributed by atoms with E-state index >= 15 is 0 Å². The summed E-state index contributed by atoms with van der Waals surface area (Å²) in [6.07, 6.45) is 8.97. The number of rotatable bonds is 8. The average molecular weight is 468 g/mol. The average Bonchev–Trinajstić information content (AvgIpc) is 3.27. The Morgan fingerprint density at radius 1 is 1.03 bits per heavy atom. The van der Waals surface area contributed by atoms with Gasteiger partial charge in [0, 0.05) is 30.4 Å². The molecule has 3 aliphatic rings. The van der Waals surface area contributed by atoms with Crippen molar-refractivity contribution in [3.63, 3.8) is 0 Å². The molecule has 1 saturated carbocycles. The molecule has 2 aromatic rings. The van der Waals surface area contributed by atoms with Crippen molar-refractivity contribution < 1.29 is 4.74 Å². The van der Waals surface area contributed by atoms with Gasteiger partial charge in [-0.3, -0.25) is 0 Å². The lowest BCUT2D eigenvalue weighted by molar-refractivity contribution is 0.303. The fraction of sp³-hybridized carbons (Fsp3) is 0.500. The van der Waals surface area contributed by atoms with Crippen LogP contribution in [-0.2, 0) is 6.42 Å². The Balaban J connectivity index is 0.000000165. The molecule has 0 radical (unpaired) electrons. The SMILES string of the molecule is C=C(N)C1CCN(c2ccccc2)C1.Clc1cc(CCCN2CCCC2)ccc1OC1CC1. The number of benzene rings is 2. The summed E-state index contributed by atoms with van der Waals surface area (Å²) >= 11 is 6.27. The van der Waals surface area contributed by atoms with Crippen LogP contribution in [0, 0.1) is 5.92 Å². The van der Waals surface area contributed by atoms with Gasteiger partial charge in [-0.2, -0.15) is 0 Å². The van der Waals surface area contributed by atoms with Gasteiger partial charge in [-0.25, -0.2) is 0 Å². The van der Waals surface area contributed by atoms with Crippen LogP contribution in [0.15, 0.2) is 60.8 Å². The molecular weight excluding hydrogens is 430 g/mol. The molecule has 33 heavy (non-hydrogen) atoms. The van der Waals surface area contributed by atoms with Crippen LogP contribution in [-0.4, -0.2) is 43.7 Å². The van der Waals surface area contributed by atoms with Crippen molar-refractivity contribution in [2.24, 2.45) is 11.7 Å². The highest BCUT2D eigenvalue weighted by molar-refractivity contribution is 6.32. The lowest BCUT2D eigenvalue weighted by atomic mass is 10.1. The molecule has 2 heterocycles. The van der Waals surface area contributed by atoms with Gasteiger partial charge >= 0.3 is 0 Å². The van der Waals surface area contributed by atoms with Crippen LogP contribution in [0.5, 0.6) is 5.75 Å². The standard InChI is InChI=1S/C16H22ClNO.C12H16N2/c17-15-12-13(4-3-11-18-9-1-2-10-18)5-8-16(15)19-14-6-7-14;1-10(13)11-7-8-14(9-11)12-5-3-2-4-6-12/h5,8,12,14H,1-4,6-7,9-11H2;2-6,11H,1,7-9,13H2. The van der Waals surface area contributed by atoms with Gasteiger partial charge in [0.05, 0.1) is 11.1 Å². The van der Waals surface area contributed by atoms with Gasteiger partial charge < -0.3 is 20.3 Å². The second kappa shape index (κ2) is 11.8. The fourth-order valence-electron chi connectivity index (χ4n) is 4.61. The summed E-state index contributed by atoms with van der Waals surface area (Å²) in [5, 5.41) is 0.769. The highest BCUT2D eigenvalue weighted by Gasteiger charge is 2.24. The number of anilines is 1. The zero-order valence-electron chi connectivity index (χ0n) is 19.7. The number of hydrogen-bond acceptors (Lipinski definition) is 4. The van der Waals surface area contributed by atoms with Crippen molar-refractivity contribution in [1.29, 1.82) is 0 Å². The van der Waals surface area contributed by atoms with Crippen LogP contribution < -0.4 is 15.4 Å². The molecule has 0 aromatic heterocycles. The zero-order chi connectivity index (χ0) is 23.0. The van der Waals surface area contributed by atoms with Crippen LogP contribution in [0.4, 0.5) is 5.69 Å². The summed E-state index contributed by atoms with van der Waals surface area (Å²) in [7, 11) is 0. The van der Waals surface area contributed by atoms with E-state index < -0.39 is 0 Å². The number of para-hydroxylation sites is 1. The molecule has 3 fully saturated rings. The quantitative estimate of drug-likeness (QED) is 0.525. The number of likely N-dealkylation sites (tertiary alicyclic amines) is 1. The number of hydrogen-bond donors (Lipinski definition) is 1. The van der Waals surface area contributed by atoms with Crippen LogP contribution >= 0.6 is 11.6 Å². The monoisotopic (exact) mass is 467 g/mol. The third-order valence-electron chi connectivity index (χ3n) is 6.79. The maximum Gasteiger partial charge on any atom is 0.138 e. The number of ether oxygens (including phenoxy) is 1. The number of aryl methyl sites for hydroxylation is 1. The van der Waals surface area contributed by atoms with Crippen molar-refractivity contribution in [1.82, 2.24) is 4.90 Å². The molecule has 5 rings (SSSR count). The first-order valence-corrected chi connectivity index (χ1v) is 12.9. The smallest absolute Gasteiger partial charge is 0.138 e. The van der Waals surface area contributed by atoms with E-state index in [4.69, 9.17) is 22.1 Å². The molecule has 1 atom stereocenters. The molecule has 0 bridgehead atoms. The lowest BCUT2D eigenvalue weighted by Gasteiger charge is -2.18. The molecule has 2 aliphatic heterocycles. The summed E-state index contributed by atoms with van der Waals surface area (Å²) < 4.78 is 5.76. The van der Waals surface area contributed by atoms with Gasteiger partial charge in [-0.15, -0.1) is 0 Å². The highest BCUT2D eigenvalue weighted by atomic mass is 35.5. The lowest BCUT2D eigenvalue weighted by Crippen LogP contribution is -2.21. The van der Waals surface area contributed by atoms with E-state index in [1.807, 2.05) is 12.1 Å². The Morgan fingerprint density at radius 3 is 2.42 bits per heavy atom. The normalized spacial score (nSPS) is 20.4. The highest BCUT2D eigenvalue weighted by Crippen LogP contribution is 2.32. The van der Waals surface area contributed by atoms with E-state index in [9.17, 15) is 0 Å². The van der Waals surface area contributed by atoms with Gasteiger partial charge in [-0.05, 0) is 94.4 Å². The minimum absolute atomic E-state index is 0.415. The molecule has 178 valence electrons. The molecule has 1 aliphatic carbocycles. The first-order chi connectivity index (χ1) is 16.1. The topological polar surface area (TPSA) is 41.7 Å². The molecule has 2 saturated heterocycles. The number of nitrogens with zero attached hydrogens (tertiary/aromatic N) is 2. The maximum absolute atomic E-state index is 6.27. The fourth-order valence-corrected chi connectivity index (χ4v) is 4.86. The van der Waals surface area contributed by atoms with E-state index in [1.165, 1.54) is 63.0 Å².